The van der Waals surface area contributed by atoms with Gasteiger partial charge in [-0.1, -0.05) is 42.5 Å². The van der Waals surface area contributed by atoms with Gasteiger partial charge in [0.1, 0.15) is 12.4 Å². The first-order valence-corrected chi connectivity index (χ1v) is 8.61. The number of carbonyl (C=O) groups is 2. The lowest BCUT2D eigenvalue weighted by molar-refractivity contribution is -0.121. The molecular weight excluding hydrogens is 333 g/mol. The van der Waals surface area contributed by atoms with E-state index in [-0.39, 0.29) is 30.3 Å². The normalized spacial score (nSPS) is 11.5. The summed E-state index contributed by atoms with van der Waals surface area (Å²) in [4.78, 5) is 25.9. The number of rotatable bonds is 7. The van der Waals surface area contributed by atoms with Gasteiger partial charge in [-0.25, -0.2) is 9.18 Å². The Hall–Kier alpha value is -2.89. The maximum Gasteiger partial charge on any atom is 0.318 e. The van der Waals surface area contributed by atoms with E-state index in [9.17, 15) is 14.0 Å². The number of nitrogens with one attached hydrogen (secondary N) is 2. The van der Waals surface area contributed by atoms with Crippen LogP contribution in [-0.4, -0.2) is 29.9 Å². The summed E-state index contributed by atoms with van der Waals surface area (Å²) in [5.74, 6) is -0.583. The van der Waals surface area contributed by atoms with E-state index in [1.165, 1.54) is 17.0 Å². The number of hydrogen-bond donors (Lipinski definition) is 2. The molecule has 138 valence electrons. The molecule has 2 aromatic rings. The van der Waals surface area contributed by atoms with Crippen LogP contribution in [0.15, 0.2) is 54.6 Å². The molecule has 0 aliphatic rings. The smallest absolute Gasteiger partial charge is 0.318 e. The monoisotopic (exact) mass is 357 g/mol. The molecule has 0 bridgehead atoms. The SMILES string of the molecule is CCN(CC(=O)NCc1ccc(F)cc1)C(=O)N[C@H](C)c1ccccc1. The zero-order chi connectivity index (χ0) is 18.9. The molecular formula is C20H24FN3O2. The second kappa shape index (κ2) is 9.56. The topological polar surface area (TPSA) is 61.4 Å². The fourth-order valence-electron chi connectivity index (χ4n) is 2.46. The minimum Gasteiger partial charge on any atom is -0.350 e. The van der Waals surface area contributed by atoms with Crippen LogP contribution in [0.4, 0.5) is 9.18 Å². The number of benzene rings is 2. The van der Waals surface area contributed by atoms with Crippen molar-refractivity contribution in [1.29, 1.82) is 0 Å². The first-order valence-electron chi connectivity index (χ1n) is 8.61. The molecule has 6 heteroatoms. The number of likely N-dealkylation sites (N-methyl/N-ethyl adjacent to an activating group) is 1. The average molecular weight is 357 g/mol. The van der Waals surface area contributed by atoms with E-state index >= 15 is 0 Å². The summed E-state index contributed by atoms with van der Waals surface area (Å²) in [6.07, 6.45) is 0. The molecule has 0 aliphatic carbocycles. The molecule has 26 heavy (non-hydrogen) atoms. The Kier molecular flexibility index (Phi) is 7.14. The van der Waals surface area contributed by atoms with E-state index in [4.69, 9.17) is 0 Å². The van der Waals surface area contributed by atoms with Crippen molar-refractivity contribution < 1.29 is 14.0 Å². The second-order valence-corrected chi connectivity index (χ2v) is 6.00. The first-order chi connectivity index (χ1) is 12.5. The van der Waals surface area contributed by atoms with Crippen molar-refractivity contribution >= 4 is 11.9 Å². The van der Waals surface area contributed by atoms with Crippen molar-refractivity contribution in [3.8, 4) is 0 Å². The predicted molar refractivity (Wildman–Crippen MR) is 98.9 cm³/mol. The highest BCUT2D eigenvalue weighted by Gasteiger charge is 2.17. The summed E-state index contributed by atoms with van der Waals surface area (Å²) in [6, 6.07) is 15.1. The molecule has 0 heterocycles. The highest BCUT2D eigenvalue weighted by molar-refractivity contribution is 5.84. The van der Waals surface area contributed by atoms with Gasteiger partial charge in [-0.2, -0.15) is 0 Å². The van der Waals surface area contributed by atoms with E-state index in [2.05, 4.69) is 10.6 Å². The average Bonchev–Trinajstić information content (AvgIpc) is 2.66. The first kappa shape index (κ1) is 19.4. The van der Waals surface area contributed by atoms with Crippen molar-refractivity contribution in [2.24, 2.45) is 0 Å². The Balaban J connectivity index is 1.83. The quantitative estimate of drug-likeness (QED) is 0.799. The van der Waals surface area contributed by atoms with E-state index in [1.807, 2.05) is 44.2 Å². The van der Waals surface area contributed by atoms with Crippen LogP contribution in [0.1, 0.15) is 31.0 Å². The van der Waals surface area contributed by atoms with Crippen LogP contribution in [0, 0.1) is 5.82 Å². The van der Waals surface area contributed by atoms with Gasteiger partial charge in [-0.05, 0) is 37.1 Å². The molecule has 0 aliphatic heterocycles. The summed E-state index contributed by atoms with van der Waals surface area (Å²) in [5, 5.41) is 5.64. The maximum atomic E-state index is 12.9. The van der Waals surface area contributed by atoms with Gasteiger partial charge in [-0.3, -0.25) is 4.79 Å². The molecule has 2 N–H and O–H groups in total. The van der Waals surface area contributed by atoms with E-state index in [1.54, 1.807) is 12.1 Å². The van der Waals surface area contributed by atoms with E-state index in [0.717, 1.165) is 11.1 Å². The number of amides is 3. The summed E-state index contributed by atoms with van der Waals surface area (Å²) in [5.41, 5.74) is 1.79. The lowest BCUT2D eigenvalue weighted by atomic mass is 10.1. The van der Waals surface area contributed by atoms with Gasteiger partial charge >= 0.3 is 6.03 Å². The minimum absolute atomic E-state index is 0.0367. The summed E-state index contributed by atoms with van der Waals surface area (Å²) >= 11 is 0. The number of urea groups is 1. The minimum atomic E-state index is -0.318. The Bertz CT molecular complexity index is 720. The van der Waals surface area contributed by atoms with Crippen LogP contribution in [0.2, 0.25) is 0 Å². The van der Waals surface area contributed by atoms with Crippen LogP contribution >= 0.6 is 0 Å². The van der Waals surface area contributed by atoms with Crippen molar-refractivity contribution in [3.63, 3.8) is 0 Å². The molecule has 0 saturated heterocycles. The Morgan fingerprint density at radius 2 is 1.73 bits per heavy atom. The Morgan fingerprint density at radius 1 is 1.08 bits per heavy atom. The molecule has 0 radical (unpaired) electrons. The number of hydrogen-bond acceptors (Lipinski definition) is 2. The van der Waals surface area contributed by atoms with Crippen molar-refractivity contribution in [1.82, 2.24) is 15.5 Å². The molecule has 0 unspecified atom stereocenters. The number of halogens is 1. The second-order valence-electron chi connectivity index (χ2n) is 6.00. The lowest BCUT2D eigenvalue weighted by Gasteiger charge is -2.23. The largest absolute Gasteiger partial charge is 0.350 e. The molecule has 2 rings (SSSR count). The van der Waals surface area contributed by atoms with Crippen LogP contribution in [0.5, 0.6) is 0 Å². The third kappa shape index (κ3) is 5.88. The van der Waals surface area contributed by atoms with Gasteiger partial charge in [0.05, 0.1) is 6.04 Å². The molecule has 2 aromatic carbocycles. The van der Waals surface area contributed by atoms with Gasteiger partial charge in [0.2, 0.25) is 5.91 Å². The fourth-order valence-corrected chi connectivity index (χ4v) is 2.46. The fraction of sp³-hybridized carbons (Fsp3) is 0.300. The summed E-state index contributed by atoms with van der Waals surface area (Å²) < 4.78 is 12.9. The van der Waals surface area contributed by atoms with Crippen LogP contribution < -0.4 is 10.6 Å². The zero-order valence-corrected chi connectivity index (χ0v) is 15.0. The number of carbonyl (C=O) groups excluding carboxylic acids is 2. The molecule has 0 spiro atoms. The molecule has 5 nitrogen and oxygen atoms in total. The van der Waals surface area contributed by atoms with E-state index in [0.29, 0.717) is 13.1 Å². The third-order valence-electron chi connectivity index (χ3n) is 4.05. The van der Waals surface area contributed by atoms with Gasteiger partial charge in [0, 0.05) is 13.1 Å². The molecule has 3 amide bonds. The van der Waals surface area contributed by atoms with Gasteiger partial charge in [0.25, 0.3) is 0 Å². The van der Waals surface area contributed by atoms with Crippen LogP contribution in [0.25, 0.3) is 0 Å². The standard InChI is InChI=1S/C20H24FN3O2/c1-3-24(20(26)23-15(2)17-7-5-4-6-8-17)14-19(25)22-13-16-9-11-18(21)12-10-16/h4-12,15H,3,13-14H2,1-2H3,(H,22,25)(H,23,26)/t15-/m1/s1. The predicted octanol–water partition coefficient (Wildman–Crippen LogP) is 3.23. The van der Waals surface area contributed by atoms with Crippen LogP contribution in [-0.2, 0) is 11.3 Å². The number of nitrogens with zero attached hydrogens (tertiary/aromatic N) is 1. The summed E-state index contributed by atoms with van der Waals surface area (Å²) in [6.45, 7) is 4.39. The van der Waals surface area contributed by atoms with Crippen molar-refractivity contribution in [2.45, 2.75) is 26.4 Å². The van der Waals surface area contributed by atoms with Crippen molar-refractivity contribution in [2.75, 3.05) is 13.1 Å². The summed E-state index contributed by atoms with van der Waals surface area (Å²) in [7, 11) is 0. The highest BCUT2D eigenvalue weighted by atomic mass is 19.1. The van der Waals surface area contributed by atoms with Crippen molar-refractivity contribution in [3.05, 3.63) is 71.5 Å². The lowest BCUT2D eigenvalue weighted by Crippen LogP contribution is -2.45. The van der Waals surface area contributed by atoms with Gasteiger partial charge in [0.15, 0.2) is 0 Å². The van der Waals surface area contributed by atoms with Gasteiger partial charge < -0.3 is 15.5 Å². The Morgan fingerprint density at radius 3 is 2.35 bits per heavy atom. The van der Waals surface area contributed by atoms with E-state index < -0.39 is 0 Å². The van der Waals surface area contributed by atoms with Crippen LogP contribution in [0.3, 0.4) is 0 Å². The molecule has 0 aromatic heterocycles. The molecule has 1 atom stereocenters. The molecule has 0 fully saturated rings. The highest BCUT2D eigenvalue weighted by Crippen LogP contribution is 2.11. The molecule has 0 saturated carbocycles. The third-order valence-corrected chi connectivity index (χ3v) is 4.05. The van der Waals surface area contributed by atoms with Gasteiger partial charge in [-0.15, -0.1) is 0 Å². The zero-order valence-electron chi connectivity index (χ0n) is 15.0. The maximum absolute atomic E-state index is 12.9. The Labute approximate surface area is 153 Å².